The highest BCUT2D eigenvalue weighted by Crippen LogP contribution is 2.18. The van der Waals surface area contributed by atoms with Gasteiger partial charge in [-0.1, -0.05) is 26.0 Å². The van der Waals surface area contributed by atoms with Crippen LogP contribution in [0.2, 0.25) is 0 Å². The first kappa shape index (κ1) is 15.0. The first-order valence-corrected chi connectivity index (χ1v) is 7.42. The molecule has 4 heteroatoms. The molecule has 20 heavy (non-hydrogen) atoms. The van der Waals surface area contributed by atoms with Gasteiger partial charge in [-0.05, 0) is 37.2 Å². The second kappa shape index (κ2) is 6.86. The Labute approximate surface area is 121 Å². The van der Waals surface area contributed by atoms with E-state index in [0.717, 1.165) is 32.7 Å². The molecule has 0 aromatic heterocycles. The Bertz CT molecular complexity index is 440. The predicted molar refractivity (Wildman–Crippen MR) is 80.0 cm³/mol. The first-order chi connectivity index (χ1) is 9.63. The van der Waals surface area contributed by atoms with E-state index in [0.29, 0.717) is 11.6 Å². The molecular formula is C16H24N2O2. The zero-order chi connectivity index (χ0) is 14.5. The smallest absolute Gasteiger partial charge is 0.335 e. The Hall–Kier alpha value is -1.39. The van der Waals surface area contributed by atoms with E-state index in [-0.39, 0.29) is 0 Å². The summed E-state index contributed by atoms with van der Waals surface area (Å²) in [5.74, 6) is -0.862. The van der Waals surface area contributed by atoms with Crippen LogP contribution in [0, 0.1) is 0 Å². The number of rotatable bonds is 6. The summed E-state index contributed by atoms with van der Waals surface area (Å²) in [5, 5.41) is 8.89. The number of likely N-dealkylation sites (tertiary alicyclic amines) is 1. The minimum atomic E-state index is -0.862. The van der Waals surface area contributed by atoms with Gasteiger partial charge < -0.3 is 5.11 Å². The van der Waals surface area contributed by atoms with Crippen molar-refractivity contribution in [1.29, 1.82) is 0 Å². The summed E-state index contributed by atoms with van der Waals surface area (Å²) in [4.78, 5) is 15.8. The number of benzene rings is 1. The molecule has 1 atom stereocenters. The summed E-state index contributed by atoms with van der Waals surface area (Å²) in [6, 6.07) is 7.90. The molecule has 0 amide bonds. The minimum absolute atomic E-state index is 0.358. The van der Waals surface area contributed by atoms with Crippen LogP contribution in [0.15, 0.2) is 24.3 Å². The van der Waals surface area contributed by atoms with Gasteiger partial charge in [0.2, 0.25) is 0 Å². The summed E-state index contributed by atoms with van der Waals surface area (Å²) in [7, 11) is 0. The van der Waals surface area contributed by atoms with Crippen molar-refractivity contribution in [2.24, 2.45) is 0 Å². The zero-order valence-electron chi connectivity index (χ0n) is 12.4. The second-order valence-corrected chi connectivity index (χ2v) is 5.40. The third kappa shape index (κ3) is 3.58. The summed E-state index contributed by atoms with van der Waals surface area (Å²) < 4.78 is 0. The monoisotopic (exact) mass is 276 g/mol. The Balaban J connectivity index is 1.90. The first-order valence-electron chi connectivity index (χ1n) is 7.42. The van der Waals surface area contributed by atoms with E-state index >= 15 is 0 Å². The molecule has 1 N–H and O–H groups in total. The molecule has 1 aliphatic rings. The number of carboxylic acids is 1. The van der Waals surface area contributed by atoms with E-state index in [9.17, 15) is 4.79 Å². The fraction of sp³-hybridized carbons (Fsp3) is 0.562. The van der Waals surface area contributed by atoms with Crippen molar-refractivity contribution in [3.8, 4) is 0 Å². The summed E-state index contributed by atoms with van der Waals surface area (Å²) >= 11 is 0. The van der Waals surface area contributed by atoms with Crippen molar-refractivity contribution in [2.45, 2.75) is 32.9 Å². The molecule has 4 nitrogen and oxygen atoms in total. The Morgan fingerprint density at radius 3 is 2.50 bits per heavy atom. The van der Waals surface area contributed by atoms with E-state index in [4.69, 9.17) is 5.11 Å². The van der Waals surface area contributed by atoms with E-state index < -0.39 is 5.97 Å². The second-order valence-electron chi connectivity index (χ2n) is 5.40. The van der Waals surface area contributed by atoms with Crippen LogP contribution in [0.3, 0.4) is 0 Å². The molecule has 110 valence electrons. The van der Waals surface area contributed by atoms with Crippen LogP contribution in [0.1, 0.15) is 36.2 Å². The van der Waals surface area contributed by atoms with Crippen molar-refractivity contribution in [2.75, 3.05) is 26.2 Å². The average molecular weight is 276 g/mol. The van der Waals surface area contributed by atoms with Gasteiger partial charge in [0.25, 0.3) is 0 Å². The van der Waals surface area contributed by atoms with Gasteiger partial charge in [-0.25, -0.2) is 4.79 Å². The fourth-order valence-electron chi connectivity index (χ4n) is 3.00. The van der Waals surface area contributed by atoms with Crippen molar-refractivity contribution in [3.63, 3.8) is 0 Å². The minimum Gasteiger partial charge on any atom is -0.478 e. The van der Waals surface area contributed by atoms with Crippen LogP contribution in [-0.2, 0) is 6.54 Å². The van der Waals surface area contributed by atoms with E-state index in [2.05, 4.69) is 23.6 Å². The highest BCUT2D eigenvalue weighted by atomic mass is 16.4. The summed E-state index contributed by atoms with van der Waals surface area (Å²) in [5.41, 5.74) is 1.55. The molecule has 1 unspecified atom stereocenters. The molecule has 1 saturated heterocycles. The third-order valence-corrected chi connectivity index (χ3v) is 4.18. The van der Waals surface area contributed by atoms with Gasteiger partial charge in [0, 0.05) is 25.7 Å². The van der Waals surface area contributed by atoms with Crippen LogP contribution < -0.4 is 0 Å². The lowest BCUT2D eigenvalue weighted by Gasteiger charge is -2.26. The normalized spacial score (nSPS) is 19.6. The van der Waals surface area contributed by atoms with Crippen LogP contribution in [0.4, 0.5) is 0 Å². The standard InChI is InChI=1S/C16H24N2O2/c1-3-18(4-2)15-9-10-17(12-15)11-13-5-7-14(8-6-13)16(19)20/h5-8,15H,3-4,9-12H2,1-2H3,(H,19,20). The zero-order valence-corrected chi connectivity index (χ0v) is 12.4. The third-order valence-electron chi connectivity index (χ3n) is 4.18. The molecule has 1 aromatic rings. The number of hydrogen-bond donors (Lipinski definition) is 1. The topological polar surface area (TPSA) is 43.8 Å². The molecule has 0 saturated carbocycles. The number of likely N-dealkylation sites (N-methyl/N-ethyl adjacent to an activating group) is 1. The summed E-state index contributed by atoms with van der Waals surface area (Å²) in [6.07, 6.45) is 1.23. The molecule has 0 aliphatic carbocycles. The van der Waals surface area contributed by atoms with Gasteiger partial charge in [-0.3, -0.25) is 9.80 Å². The molecule has 0 bridgehead atoms. The molecule has 1 fully saturated rings. The van der Waals surface area contributed by atoms with E-state index in [1.54, 1.807) is 12.1 Å². The van der Waals surface area contributed by atoms with Crippen LogP contribution in [-0.4, -0.2) is 53.1 Å². The van der Waals surface area contributed by atoms with Gasteiger partial charge in [-0.2, -0.15) is 0 Å². The predicted octanol–water partition coefficient (Wildman–Crippen LogP) is 2.30. The summed E-state index contributed by atoms with van der Waals surface area (Å²) in [6.45, 7) is 9.82. The highest BCUT2D eigenvalue weighted by molar-refractivity contribution is 5.87. The lowest BCUT2D eigenvalue weighted by atomic mass is 10.1. The van der Waals surface area contributed by atoms with Gasteiger partial charge in [0.05, 0.1) is 5.56 Å². The fourth-order valence-corrected chi connectivity index (χ4v) is 3.00. The van der Waals surface area contributed by atoms with Gasteiger partial charge in [0.15, 0.2) is 0 Å². The van der Waals surface area contributed by atoms with Crippen molar-refractivity contribution in [1.82, 2.24) is 9.80 Å². The lowest BCUT2D eigenvalue weighted by molar-refractivity contribution is 0.0697. The van der Waals surface area contributed by atoms with Gasteiger partial charge in [-0.15, -0.1) is 0 Å². The number of aromatic carboxylic acids is 1. The van der Waals surface area contributed by atoms with Crippen molar-refractivity contribution < 1.29 is 9.90 Å². The molecule has 0 radical (unpaired) electrons. The quantitative estimate of drug-likeness (QED) is 0.866. The number of carboxylic acid groups (broad SMARTS) is 1. The average Bonchev–Trinajstić information content (AvgIpc) is 2.89. The highest BCUT2D eigenvalue weighted by Gasteiger charge is 2.25. The Morgan fingerprint density at radius 1 is 1.30 bits per heavy atom. The van der Waals surface area contributed by atoms with Crippen LogP contribution in [0.25, 0.3) is 0 Å². The van der Waals surface area contributed by atoms with Crippen LogP contribution in [0.5, 0.6) is 0 Å². The number of carbonyl (C=O) groups is 1. The Kier molecular flexibility index (Phi) is 5.15. The van der Waals surface area contributed by atoms with Crippen molar-refractivity contribution >= 4 is 5.97 Å². The molecule has 1 heterocycles. The van der Waals surface area contributed by atoms with Crippen molar-refractivity contribution in [3.05, 3.63) is 35.4 Å². The van der Waals surface area contributed by atoms with E-state index in [1.807, 2.05) is 12.1 Å². The lowest BCUT2D eigenvalue weighted by Crippen LogP contribution is -2.37. The van der Waals surface area contributed by atoms with Crippen LogP contribution >= 0.6 is 0 Å². The SMILES string of the molecule is CCN(CC)C1CCN(Cc2ccc(C(=O)O)cc2)C1. The molecule has 2 rings (SSSR count). The number of hydrogen-bond acceptors (Lipinski definition) is 3. The molecular weight excluding hydrogens is 252 g/mol. The largest absolute Gasteiger partial charge is 0.478 e. The Morgan fingerprint density at radius 2 is 1.95 bits per heavy atom. The number of nitrogens with zero attached hydrogens (tertiary/aromatic N) is 2. The maximum atomic E-state index is 10.8. The van der Waals surface area contributed by atoms with Gasteiger partial charge >= 0.3 is 5.97 Å². The molecule has 1 aliphatic heterocycles. The maximum absolute atomic E-state index is 10.8. The van der Waals surface area contributed by atoms with Gasteiger partial charge in [0.1, 0.15) is 0 Å². The van der Waals surface area contributed by atoms with E-state index in [1.165, 1.54) is 12.0 Å². The molecule has 1 aromatic carbocycles. The maximum Gasteiger partial charge on any atom is 0.335 e. The molecule has 0 spiro atoms.